The minimum Gasteiger partial charge on any atom is -0.497 e. The van der Waals surface area contributed by atoms with Gasteiger partial charge in [0.1, 0.15) is 5.75 Å². The van der Waals surface area contributed by atoms with E-state index in [0.717, 1.165) is 16.7 Å². The Morgan fingerprint density at radius 1 is 1.14 bits per heavy atom. The molecule has 2 aromatic carbocycles. The Bertz CT molecular complexity index is 1050. The molecule has 0 atom stereocenters. The van der Waals surface area contributed by atoms with E-state index in [1.165, 1.54) is 4.68 Å². The van der Waals surface area contributed by atoms with Gasteiger partial charge >= 0.3 is 5.97 Å². The van der Waals surface area contributed by atoms with Gasteiger partial charge in [-0.2, -0.15) is 0 Å². The summed E-state index contributed by atoms with van der Waals surface area (Å²) in [6.45, 7) is 3.88. The zero-order valence-electron chi connectivity index (χ0n) is 15.8. The van der Waals surface area contributed by atoms with Crippen LogP contribution in [0.4, 0.5) is 5.69 Å². The molecule has 144 valence electrons. The topological polar surface area (TPSA) is 120 Å². The fourth-order valence-corrected chi connectivity index (χ4v) is 2.85. The van der Waals surface area contributed by atoms with E-state index < -0.39 is 11.8 Å². The standard InChI is InChI=1S/C20H20N4O4/c1-11-8-15(16(21)9-12(11)2)19(25)17-18(20(26)27)24(23-22-17)10-13-4-6-14(28-3)7-5-13/h4-9H,10,21H2,1-3H3,(H,26,27). The second kappa shape index (κ2) is 7.51. The summed E-state index contributed by atoms with van der Waals surface area (Å²) in [6, 6.07) is 10.4. The number of nitrogens with two attached hydrogens (primary N) is 1. The summed E-state index contributed by atoms with van der Waals surface area (Å²) in [5.41, 5.74) is 8.55. The first kappa shape index (κ1) is 19.1. The maximum absolute atomic E-state index is 12.9. The predicted molar refractivity (Wildman–Crippen MR) is 103 cm³/mol. The summed E-state index contributed by atoms with van der Waals surface area (Å²) in [7, 11) is 1.56. The molecule has 28 heavy (non-hydrogen) atoms. The fourth-order valence-electron chi connectivity index (χ4n) is 2.85. The Hall–Kier alpha value is -3.68. The van der Waals surface area contributed by atoms with Gasteiger partial charge in [0.15, 0.2) is 11.4 Å². The van der Waals surface area contributed by atoms with Gasteiger partial charge in [-0.15, -0.1) is 5.10 Å². The molecule has 0 aliphatic heterocycles. The molecule has 0 saturated carbocycles. The smallest absolute Gasteiger partial charge is 0.356 e. The van der Waals surface area contributed by atoms with Crippen LogP contribution in [0.25, 0.3) is 0 Å². The minimum atomic E-state index is -1.29. The zero-order chi connectivity index (χ0) is 20.4. The molecule has 0 amide bonds. The first-order chi connectivity index (χ1) is 13.3. The lowest BCUT2D eigenvalue weighted by atomic mass is 9.99. The van der Waals surface area contributed by atoms with Crippen molar-refractivity contribution in [1.29, 1.82) is 0 Å². The Kier molecular flexibility index (Phi) is 5.12. The van der Waals surface area contributed by atoms with Crippen LogP contribution in [0.5, 0.6) is 5.75 Å². The van der Waals surface area contributed by atoms with Crippen molar-refractivity contribution in [2.24, 2.45) is 0 Å². The van der Waals surface area contributed by atoms with E-state index in [4.69, 9.17) is 10.5 Å². The molecule has 1 aromatic heterocycles. The quantitative estimate of drug-likeness (QED) is 0.498. The van der Waals surface area contributed by atoms with E-state index in [9.17, 15) is 14.7 Å². The number of carbonyl (C=O) groups excluding carboxylic acids is 1. The highest BCUT2D eigenvalue weighted by Crippen LogP contribution is 2.22. The number of benzene rings is 2. The van der Waals surface area contributed by atoms with E-state index in [1.54, 1.807) is 43.5 Å². The lowest BCUT2D eigenvalue weighted by Gasteiger charge is -2.08. The molecule has 0 spiro atoms. The van der Waals surface area contributed by atoms with E-state index in [1.807, 2.05) is 13.8 Å². The van der Waals surface area contributed by atoms with Crippen molar-refractivity contribution in [3.63, 3.8) is 0 Å². The van der Waals surface area contributed by atoms with Crippen molar-refractivity contribution < 1.29 is 19.4 Å². The van der Waals surface area contributed by atoms with E-state index >= 15 is 0 Å². The number of hydrogen-bond donors (Lipinski definition) is 2. The number of ether oxygens (including phenoxy) is 1. The molecule has 8 nitrogen and oxygen atoms in total. The van der Waals surface area contributed by atoms with Gasteiger partial charge in [0.25, 0.3) is 0 Å². The van der Waals surface area contributed by atoms with Crippen LogP contribution < -0.4 is 10.5 Å². The number of hydrogen-bond acceptors (Lipinski definition) is 6. The molecule has 0 bridgehead atoms. The van der Waals surface area contributed by atoms with Crippen molar-refractivity contribution in [3.05, 3.63) is 70.0 Å². The third kappa shape index (κ3) is 3.57. The maximum atomic E-state index is 12.9. The monoisotopic (exact) mass is 380 g/mol. The number of nitrogen functional groups attached to an aromatic ring is 1. The van der Waals surface area contributed by atoms with Gasteiger partial charge in [-0.25, -0.2) is 9.48 Å². The fraction of sp³-hybridized carbons (Fsp3) is 0.200. The molecule has 0 fully saturated rings. The second-order valence-electron chi connectivity index (χ2n) is 6.45. The number of carboxylic acid groups (broad SMARTS) is 1. The SMILES string of the molecule is COc1ccc(Cn2nnc(C(=O)c3cc(C)c(C)cc3N)c2C(=O)O)cc1. The van der Waals surface area contributed by atoms with Crippen molar-refractivity contribution in [3.8, 4) is 5.75 Å². The lowest BCUT2D eigenvalue weighted by Crippen LogP contribution is -2.16. The number of carboxylic acids is 1. The maximum Gasteiger partial charge on any atom is 0.356 e. The normalized spacial score (nSPS) is 10.7. The third-order valence-electron chi connectivity index (χ3n) is 4.55. The van der Waals surface area contributed by atoms with Crippen molar-refractivity contribution in [2.45, 2.75) is 20.4 Å². The Morgan fingerprint density at radius 3 is 2.39 bits per heavy atom. The van der Waals surface area contributed by atoms with Gasteiger partial charge in [-0.3, -0.25) is 4.79 Å². The highest BCUT2D eigenvalue weighted by Gasteiger charge is 2.27. The summed E-state index contributed by atoms with van der Waals surface area (Å²) in [4.78, 5) is 24.8. The number of carbonyl (C=O) groups is 2. The van der Waals surface area contributed by atoms with E-state index in [0.29, 0.717) is 5.75 Å². The first-order valence-electron chi connectivity index (χ1n) is 8.53. The largest absolute Gasteiger partial charge is 0.497 e. The number of anilines is 1. The Labute approximate surface area is 161 Å². The number of ketones is 1. The van der Waals surface area contributed by atoms with Crippen molar-refractivity contribution in [2.75, 3.05) is 12.8 Å². The number of aryl methyl sites for hydroxylation is 2. The molecular formula is C20H20N4O4. The van der Waals surface area contributed by atoms with Gasteiger partial charge in [-0.05, 0) is 54.8 Å². The van der Waals surface area contributed by atoms with Crippen LogP contribution in [-0.2, 0) is 6.54 Å². The molecule has 3 aromatic rings. The van der Waals surface area contributed by atoms with Crippen LogP contribution in [0.3, 0.4) is 0 Å². The molecule has 1 heterocycles. The molecule has 3 N–H and O–H groups in total. The molecule has 0 radical (unpaired) electrons. The molecular weight excluding hydrogens is 360 g/mol. The van der Waals surface area contributed by atoms with Crippen LogP contribution in [0, 0.1) is 13.8 Å². The van der Waals surface area contributed by atoms with Gasteiger partial charge in [0.2, 0.25) is 5.78 Å². The van der Waals surface area contributed by atoms with E-state index in [-0.39, 0.29) is 29.2 Å². The molecule has 3 rings (SSSR count). The summed E-state index contributed by atoms with van der Waals surface area (Å²) in [5.74, 6) is -1.18. The highest BCUT2D eigenvalue weighted by atomic mass is 16.5. The average Bonchev–Trinajstić information content (AvgIpc) is 3.08. The summed E-state index contributed by atoms with van der Waals surface area (Å²) >= 11 is 0. The number of aromatic carboxylic acids is 1. The van der Waals surface area contributed by atoms with E-state index in [2.05, 4.69) is 10.3 Å². The summed E-state index contributed by atoms with van der Waals surface area (Å²) < 4.78 is 6.30. The Morgan fingerprint density at radius 2 is 1.79 bits per heavy atom. The Balaban J connectivity index is 1.99. The lowest BCUT2D eigenvalue weighted by molar-refractivity contribution is 0.0679. The first-order valence-corrected chi connectivity index (χ1v) is 8.53. The molecule has 8 heteroatoms. The summed E-state index contributed by atoms with van der Waals surface area (Å²) in [5, 5.41) is 17.4. The molecule has 0 aliphatic rings. The summed E-state index contributed by atoms with van der Waals surface area (Å²) in [6.07, 6.45) is 0. The number of methoxy groups -OCH3 is 1. The van der Waals surface area contributed by atoms with Gasteiger partial charge in [0, 0.05) is 11.3 Å². The van der Waals surface area contributed by atoms with Crippen LogP contribution >= 0.6 is 0 Å². The van der Waals surface area contributed by atoms with Gasteiger partial charge < -0.3 is 15.6 Å². The van der Waals surface area contributed by atoms with Crippen molar-refractivity contribution >= 4 is 17.4 Å². The van der Waals surface area contributed by atoms with Crippen LogP contribution in [-0.4, -0.2) is 39.0 Å². The van der Waals surface area contributed by atoms with Gasteiger partial charge in [-0.1, -0.05) is 17.3 Å². The van der Waals surface area contributed by atoms with Crippen LogP contribution in [0.2, 0.25) is 0 Å². The number of rotatable bonds is 6. The number of aromatic nitrogens is 3. The molecule has 0 unspecified atom stereocenters. The average molecular weight is 380 g/mol. The second-order valence-corrected chi connectivity index (χ2v) is 6.45. The van der Waals surface area contributed by atoms with Crippen LogP contribution in [0.15, 0.2) is 36.4 Å². The van der Waals surface area contributed by atoms with Crippen LogP contribution in [0.1, 0.15) is 43.2 Å². The zero-order valence-corrected chi connectivity index (χ0v) is 15.8. The third-order valence-corrected chi connectivity index (χ3v) is 4.55. The molecule has 0 saturated heterocycles. The minimum absolute atomic E-state index is 0.147. The predicted octanol–water partition coefficient (Wildman–Crippen LogP) is 2.46. The van der Waals surface area contributed by atoms with Gasteiger partial charge in [0.05, 0.1) is 13.7 Å². The number of nitrogens with zero attached hydrogens (tertiary/aromatic N) is 3. The molecule has 0 aliphatic carbocycles. The highest BCUT2D eigenvalue weighted by molar-refractivity contribution is 6.14. The van der Waals surface area contributed by atoms with Crippen molar-refractivity contribution in [1.82, 2.24) is 15.0 Å².